The number of hydrogen-bond acceptors (Lipinski definition) is 1. The summed E-state index contributed by atoms with van der Waals surface area (Å²) >= 11 is 2.22. The van der Waals surface area contributed by atoms with E-state index in [1.54, 1.807) is 6.20 Å². The number of urea groups is 1. The Hall–Kier alpha value is -1.04. The van der Waals surface area contributed by atoms with Gasteiger partial charge in [-0.05, 0) is 52.3 Å². The Morgan fingerprint density at radius 2 is 1.82 bits per heavy atom. The number of halogens is 1. The monoisotopic (exact) mass is 344 g/mol. The molecular formula is C13H17IN2O. The molecule has 17 heavy (non-hydrogen) atoms. The maximum Gasteiger partial charge on any atom is 0.323 e. The first kappa shape index (κ1) is 14.0. The molecule has 4 heteroatoms. The van der Waals surface area contributed by atoms with E-state index >= 15 is 0 Å². The summed E-state index contributed by atoms with van der Waals surface area (Å²) < 4.78 is 1.14. The second-order valence-electron chi connectivity index (χ2n) is 4.80. The van der Waals surface area contributed by atoms with Crippen LogP contribution in [0, 0.1) is 8.99 Å². The normalized spacial score (nSPS) is 11.5. The van der Waals surface area contributed by atoms with Crippen LogP contribution in [0.3, 0.4) is 0 Å². The molecule has 0 saturated carbocycles. The molecule has 0 aliphatic heterocycles. The summed E-state index contributed by atoms with van der Waals surface area (Å²) in [4.78, 5) is 11.5. The van der Waals surface area contributed by atoms with Crippen LogP contribution >= 0.6 is 22.6 Å². The first-order valence-corrected chi connectivity index (χ1v) is 6.45. The molecule has 0 spiro atoms. The van der Waals surface area contributed by atoms with Crippen molar-refractivity contribution in [1.29, 1.82) is 0 Å². The fraction of sp³-hybridized carbons (Fsp3) is 0.308. The highest BCUT2D eigenvalue weighted by Crippen LogP contribution is 2.13. The minimum atomic E-state index is -0.230. The lowest BCUT2D eigenvalue weighted by Crippen LogP contribution is -2.24. The van der Waals surface area contributed by atoms with Crippen molar-refractivity contribution >= 4 is 34.3 Å². The van der Waals surface area contributed by atoms with E-state index in [9.17, 15) is 4.79 Å². The summed E-state index contributed by atoms with van der Waals surface area (Å²) in [7, 11) is 0. The molecule has 3 nitrogen and oxygen atoms in total. The smallest absolute Gasteiger partial charge is 0.315 e. The number of nitrogens with one attached hydrogen (secondary N) is 2. The van der Waals surface area contributed by atoms with Gasteiger partial charge in [-0.2, -0.15) is 0 Å². The molecule has 0 aliphatic rings. The summed E-state index contributed by atoms with van der Waals surface area (Å²) in [5.74, 6) is 0. The summed E-state index contributed by atoms with van der Waals surface area (Å²) in [6.45, 7) is 6.21. The van der Waals surface area contributed by atoms with Crippen LogP contribution in [-0.2, 0) is 0 Å². The second kappa shape index (κ2) is 6.05. The number of allylic oxidation sites excluding steroid dienone is 1. The van der Waals surface area contributed by atoms with Gasteiger partial charge in [0.05, 0.1) is 0 Å². The van der Waals surface area contributed by atoms with E-state index in [2.05, 4.69) is 54.0 Å². The SMILES string of the molecule is CC(C)(C)/C=C/NC(=O)Nc1ccc(I)cc1. The van der Waals surface area contributed by atoms with E-state index in [1.165, 1.54) is 0 Å². The van der Waals surface area contributed by atoms with Crippen LogP contribution in [0.1, 0.15) is 20.8 Å². The number of anilines is 1. The fourth-order valence-corrected chi connectivity index (χ4v) is 1.43. The van der Waals surface area contributed by atoms with Crippen LogP contribution in [0.4, 0.5) is 10.5 Å². The molecular weight excluding hydrogens is 327 g/mol. The van der Waals surface area contributed by atoms with Crippen LogP contribution in [0.2, 0.25) is 0 Å². The Morgan fingerprint density at radius 1 is 1.24 bits per heavy atom. The average Bonchev–Trinajstić information content (AvgIpc) is 2.19. The Balaban J connectivity index is 2.45. The van der Waals surface area contributed by atoms with Crippen LogP contribution in [-0.4, -0.2) is 6.03 Å². The van der Waals surface area contributed by atoms with E-state index in [0.29, 0.717) is 0 Å². The van der Waals surface area contributed by atoms with Crippen LogP contribution in [0.5, 0.6) is 0 Å². The maximum atomic E-state index is 11.5. The van der Waals surface area contributed by atoms with Gasteiger partial charge in [0.1, 0.15) is 0 Å². The number of benzene rings is 1. The van der Waals surface area contributed by atoms with Gasteiger partial charge in [-0.15, -0.1) is 0 Å². The first-order chi connectivity index (χ1) is 7.87. The standard InChI is InChI=1S/C13H17IN2O/c1-13(2,3)8-9-15-12(17)16-11-6-4-10(14)5-7-11/h4-9H,1-3H3,(H2,15,16,17)/b9-8+. The van der Waals surface area contributed by atoms with Crippen molar-refractivity contribution in [3.63, 3.8) is 0 Å². The molecule has 2 N–H and O–H groups in total. The van der Waals surface area contributed by atoms with Crippen LogP contribution in [0.15, 0.2) is 36.5 Å². The zero-order valence-corrected chi connectivity index (χ0v) is 12.4. The Morgan fingerprint density at radius 3 is 2.35 bits per heavy atom. The highest BCUT2D eigenvalue weighted by Gasteiger charge is 2.04. The van der Waals surface area contributed by atoms with Gasteiger partial charge in [0.25, 0.3) is 0 Å². The molecule has 0 aromatic heterocycles. The van der Waals surface area contributed by atoms with E-state index in [1.807, 2.05) is 30.3 Å². The number of amides is 2. The van der Waals surface area contributed by atoms with Crippen molar-refractivity contribution in [3.8, 4) is 0 Å². The Bertz CT molecular complexity index is 404. The van der Waals surface area contributed by atoms with Gasteiger partial charge in [-0.25, -0.2) is 4.79 Å². The lowest BCUT2D eigenvalue weighted by Gasteiger charge is -2.11. The molecule has 0 bridgehead atoms. The van der Waals surface area contributed by atoms with Gasteiger partial charge in [0.15, 0.2) is 0 Å². The summed E-state index contributed by atoms with van der Waals surface area (Å²) in [5, 5.41) is 5.42. The molecule has 1 aromatic rings. The predicted molar refractivity (Wildman–Crippen MR) is 79.9 cm³/mol. The largest absolute Gasteiger partial charge is 0.323 e. The van der Waals surface area contributed by atoms with Crippen molar-refractivity contribution in [1.82, 2.24) is 5.32 Å². The number of carbonyl (C=O) groups excluding carboxylic acids is 1. The molecule has 0 unspecified atom stereocenters. The molecule has 0 aliphatic carbocycles. The number of hydrogen-bond donors (Lipinski definition) is 2. The molecule has 0 heterocycles. The maximum absolute atomic E-state index is 11.5. The minimum absolute atomic E-state index is 0.0656. The number of carbonyl (C=O) groups is 1. The van der Waals surface area contributed by atoms with Gasteiger partial charge >= 0.3 is 6.03 Å². The van der Waals surface area contributed by atoms with Crippen LogP contribution in [0.25, 0.3) is 0 Å². The predicted octanol–water partition coefficient (Wildman–Crippen LogP) is 3.97. The van der Waals surface area contributed by atoms with E-state index in [4.69, 9.17) is 0 Å². The van der Waals surface area contributed by atoms with Crippen molar-refractivity contribution in [3.05, 3.63) is 40.1 Å². The van der Waals surface area contributed by atoms with Gasteiger partial charge < -0.3 is 10.6 Å². The summed E-state index contributed by atoms with van der Waals surface area (Å²) in [5.41, 5.74) is 0.850. The Labute approximate surface area is 116 Å². The highest BCUT2D eigenvalue weighted by molar-refractivity contribution is 14.1. The molecule has 0 saturated heterocycles. The molecule has 0 radical (unpaired) electrons. The molecule has 2 amide bonds. The van der Waals surface area contributed by atoms with Gasteiger partial charge in [0.2, 0.25) is 0 Å². The van der Waals surface area contributed by atoms with Gasteiger partial charge in [-0.1, -0.05) is 26.8 Å². The van der Waals surface area contributed by atoms with E-state index in [0.717, 1.165) is 9.26 Å². The zero-order chi connectivity index (χ0) is 12.9. The zero-order valence-electron chi connectivity index (χ0n) is 10.3. The molecule has 1 aromatic carbocycles. The summed E-state index contributed by atoms with van der Waals surface area (Å²) in [6.07, 6.45) is 3.61. The second-order valence-corrected chi connectivity index (χ2v) is 6.05. The molecule has 0 fully saturated rings. The highest BCUT2D eigenvalue weighted by atomic mass is 127. The molecule has 92 valence electrons. The quantitative estimate of drug-likeness (QED) is 0.783. The third kappa shape index (κ3) is 6.31. The lowest BCUT2D eigenvalue weighted by atomic mass is 9.97. The van der Waals surface area contributed by atoms with Crippen molar-refractivity contribution in [2.75, 3.05) is 5.32 Å². The number of rotatable bonds is 2. The average molecular weight is 344 g/mol. The van der Waals surface area contributed by atoms with Crippen molar-refractivity contribution in [2.45, 2.75) is 20.8 Å². The summed E-state index contributed by atoms with van der Waals surface area (Å²) in [6, 6.07) is 7.40. The third-order valence-corrected chi connectivity index (χ3v) is 2.62. The topological polar surface area (TPSA) is 41.1 Å². The van der Waals surface area contributed by atoms with Crippen LogP contribution < -0.4 is 10.6 Å². The molecule has 0 atom stereocenters. The van der Waals surface area contributed by atoms with E-state index < -0.39 is 0 Å². The third-order valence-electron chi connectivity index (χ3n) is 1.90. The minimum Gasteiger partial charge on any atom is -0.315 e. The van der Waals surface area contributed by atoms with E-state index in [-0.39, 0.29) is 11.4 Å². The van der Waals surface area contributed by atoms with Crippen molar-refractivity contribution < 1.29 is 4.79 Å². The van der Waals surface area contributed by atoms with Gasteiger partial charge in [-0.3, -0.25) is 0 Å². The molecule has 1 rings (SSSR count). The van der Waals surface area contributed by atoms with Gasteiger partial charge in [0, 0.05) is 15.5 Å². The first-order valence-electron chi connectivity index (χ1n) is 5.38. The Kier molecular flexibility index (Phi) is 4.99. The fourth-order valence-electron chi connectivity index (χ4n) is 1.07. The lowest BCUT2D eigenvalue weighted by molar-refractivity contribution is 0.255. The van der Waals surface area contributed by atoms with Crippen molar-refractivity contribution in [2.24, 2.45) is 5.41 Å².